The van der Waals surface area contributed by atoms with Gasteiger partial charge >= 0.3 is 0 Å². The molecule has 3 fully saturated rings. The van der Waals surface area contributed by atoms with Gasteiger partial charge in [0.05, 0.1) is 24.4 Å². The topological polar surface area (TPSA) is 101 Å². The smallest absolute Gasteiger partial charge is 0.106 e. The summed E-state index contributed by atoms with van der Waals surface area (Å²) in [5, 5.41) is 52.4. The second-order valence-corrected chi connectivity index (χ2v) is 9.90. The van der Waals surface area contributed by atoms with Crippen molar-refractivity contribution in [2.75, 3.05) is 6.61 Å². The van der Waals surface area contributed by atoms with Crippen LogP contribution in [0.3, 0.4) is 0 Å². The minimum absolute atomic E-state index is 0.0841. The molecule has 5 heteroatoms. The van der Waals surface area contributed by atoms with E-state index in [1.54, 1.807) is 0 Å². The first-order chi connectivity index (χ1) is 12.2. The van der Waals surface area contributed by atoms with Gasteiger partial charge in [-0.1, -0.05) is 25.5 Å². The predicted octanol–water partition coefficient (Wildman–Crippen LogP) is 1.37. The highest BCUT2D eigenvalue weighted by molar-refractivity contribution is 5.27. The van der Waals surface area contributed by atoms with Gasteiger partial charge in [-0.3, -0.25) is 0 Å². The van der Waals surface area contributed by atoms with E-state index >= 15 is 0 Å². The van der Waals surface area contributed by atoms with E-state index in [0.29, 0.717) is 18.8 Å². The molecule has 0 heterocycles. The zero-order valence-corrected chi connectivity index (χ0v) is 15.9. The number of hydrogen-bond donors (Lipinski definition) is 5. The van der Waals surface area contributed by atoms with Crippen molar-refractivity contribution in [3.05, 3.63) is 11.6 Å². The first-order valence-electron chi connectivity index (χ1n) is 10.3. The number of fused-ring (bicyclic) bond motifs is 5. The largest absolute Gasteiger partial charge is 0.394 e. The molecule has 4 aliphatic rings. The average molecular weight is 366 g/mol. The van der Waals surface area contributed by atoms with Crippen LogP contribution in [0, 0.1) is 28.6 Å². The van der Waals surface area contributed by atoms with Gasteiger partial charge in [0.1, 0.15) is 6.10 Å². The third-order valence-corrected chi connectivity index (χ3v) is 8.96. The fourth-order valence-corrected chi connectivity index (χ4v) is 7.57. The fraction of sp³-hybridized carbons (Fsp3) is 0.905. The van der Waals surface area contributed by atoms with Gasteiger partial charge in [0.25, 0.3) is 0 Å². The van der Waals surface area contributed by atoms with Gasteiger partial charge in [-0.05, 0) is 68.1 Å². The highest BCUT2D eigenvalue weighted by atomic mass is 16.4. The number of allylic oxidation sites excluding steroid dienone is 1. The van der Waals surface area contributed by atoms with Crippen molar-refractivity contribution in [3.63, 3.8) is 0 Å². The van der Waals surface area contributed by atoms with Gasteiger partial charge in [-0.15, -0.1) is 0 Å². The van der Waals surface area contributed by atoms with Crippen LogP contribution in [0.2, 0.25) is 0 Å². The molecule has 0 bridgehead atoms. The van der Waals surface area contributed by atoms with E-state index in [-0.39, 0.29) is 23.4 Å². The summed E-state index contributed by atoms with van der Waals surface area (Å²) >= 11 is 0. The summed E-state index contributed by atoms with van der Waals surface area (Å²) in [4.78, 5) is 0. The molecule has 4 aliphatic carbocycles. The molecule has 0 radical (unpaired) electrons. The average Bonchev–Trinajstić information content (AvgIpc) is 2.86. The number of aliphatic hydroxyl groups excluding tert-OH is 4. The van der Waals surface area contributed by atoms with Crippen molar-refractivity contribution in [1.82, 2.24) is 0 Å². The van der Waals surface area contributed by atoms with E-state index < -0.39 is 29.8 Å². The maximum atomic E-state index is 11.3. The zero-order valence-electron chi connectivity index (χ0n) is 15.9. The van der Waals surface area contributed by atoms with Gasteiger partial charge < -0.3 is 25.5 Å². The van der Waals surface area contributed by atoms with Crippen LogP contribution < -0.4 is 0 Å². The van der Waals surface area contributed by atoms with Crippen LogP contribution in [-0.4, -0.2) is 56.1 Å². The molecule has 9 atom stereocenters. The fourth-order valence-electron chi connectivity index (χ4n) is 7.57. The molecule has 26 heavy (non-hydrogen) atoms. The van der Waals surface area contributed by atoms with E-state index in [1.165, 1.54) is 5.57 Å². The number of aliphatic hydroxyl groups is 5. The lowest BCUT2D eigenvalue weighted by molar-refractivity contribution is -0.208. The molecule has 2 unspecified atom stereocenters. The first kappa shape index (κ1) is 18.9. The highest BCUT2D eigenvalue weighted by Gasteiger charge is 2.67. The van der Waals surface area contributed by atoms with Crippen molar-refractivity contribution >= 4 is 0 Å². The van der Waals surface area contributed by atoms with Crippen LogP contribution in [0.1, 0.15) is 58.8 Å². The second kappa shape index (κ2) is 6.02. The van der Waals surface area contributed by atoms with Gasteiger partial charge in [0.2, 0.25) is 0 Å². The molecule has 3 saturated carbocycles. The molecule has 4 rings (SSSR count). The van der Waals surface area contributed by atoms with E-state index in [9.17, 15) is 25.5 Å². The van der Waals surface area contributed by atoms with E-state index in [4.69, 9.17) is 0 Å². The SMILES string of the molecule is C[C@]12CCC(O)C=C1CC[C@@H]1[C@@H]2[C@@H](O)C[C@@]2(C)[C@H]1CC[C@]2(O)C(O)CO. The molecule has 0 aliphatic heterocycles. The van der Waals surface area contributed by atoms with Crippen molar-refractivity contribution < 1.29 is 25.5 Å². The first-order valence-corrected chi connectivity index (χ1v) is 10.3. The Morgan fingerprint density at radius 2 is 1.88 bits per heavy atom. The lowest BCUT2D eigenvalue weighted by Gasteiger charge is -2.61. The Bertz CT molecular complexity index is 605. The minimum atomic E-state index is -1.34. The van der Waals surface area contributed by atoms with E-state index in [1.807, 2.05) is 13.0 Å². The van der Waals surface area contributed by atoms with Crippen molar-refractivity contribution in [2.24, 2.45) is 28.6 Å². The normalized spacial score (nSPS) is 54.7. The Hall–Kier alpha value is -0.460. The van der Waals surface area contributed by atoms with Crippen molar-refractivity contribution in [2.45, 2.75) is 82.7 Å². The molecule has 148 valence electrons. The Kier molecular flexibility index (Phi) is 4.37. The van der Waals surface area contributed by atoms with E-state index in [0.717, 1.165) is 32.1 Å². The van der Waals surface area contributed by atoms with Gasteiger partial charge in [-0.2, -0.15) is 0 Å². The summed E-state index contributed by atoms with van der Waals surface area (Å²) in [5.41, 5.74) is -0.706. The maximum Gasteiger partial charge on any atom is 0.106 e. The minimum Gasteiger partial charge on any atom is -0.394 e. The molecular weight excluding hydrogens is 332 g/mol. The van der Waals surface area contributed by atoms with Gasteiger partial charge in [0, 0.05) is 5.41 Å². The summed E-state index contributed by atoms with van der Waals surface area (Å²) in [7, 11) is 0. The third kappa shape index (κ3) is 2.27. The Labute approximate surface area is 155 Å². The monoisotopic (exact) mass is 366 g/mol. The maximum absolute atomic E-state index is 11.3. The Balaban J connectivity index is 1.71. The molecule has 0 aromatic rings. The van der Waals surface area contributed by atoms with Crippen LogP contribution in [-0.2, 0) is 0 Å². The van der Waals surface area contributed by atoms with Crippen LogP contribution >= 0.6 is 0 Å². The van der Waals surface area contributed by atoms with Crippen molar-refractivity contribution in [1.29, 1.82) is 0 Å². The lowest BCUT2D eigenvalue weighted by Crippen LogP contribution is -2.63. The summed E-state index contributed by atoms with van der Waals surface area (Å²) in [6, 6.07) is 0. The van der Waals surface area contributed by atoms with Crippen molar-refractivity contribution in [3.8, 4) is 0 Å². The number of rotatable bonds is 2. The lowest BCUT2D eigenvalue weighted by atomic mass is 9.45. The molecule has 5 N–H and O–H groups in total. The standard InChI is InChI=1S/C21H34O5/c1-19-7-5-13(23)9-12(19)3-4-14-15-6-8-21(26,17(25)11-22)20(15,2)10-16(24)18(14)19/h9,13-18,22-26H,3-8,10-11H2,1-2H3/t13?,14-,15-,16-,17?,18+,19-,20-,21-/m0/s1. The summed E-state index contributed by atoms with van der Waals surface area (Å²) in [6.07, 6.45) is 5.24. The second-order valence-electron chi connectivity index (χ2n) is 9.90. The van der Waals surface area contributed by atoms with Gasteiger partial charge in [-0.25, -0.2) is 0 Å². The Morgan fingerprint density at radius 1 is 1.15 bits per heavy atom. The molecule has 5 nitrogen and oxygen atoms in total. The molecule has 0 spiro atoms. The van der Waals surface area contributed by atoms with Crippen LogP contribution in [0.4, 0.5) is 0 Å². The third-order valence-electron chi connectivity index (χ3n) is 8.96. The predicted molar refractivity (Wildman–Crippen MR) is 97.1 cm³/mol. The van der Waals surface area contributed by atoms with Crippen LogP contribution in [0.15, 0.2) is 11.6 Å². The molecule has 0 saturated heterocycles. The summed E-state index contributed by atoms with van der Waals surface area (Å²) in [6.45, 7) is 3.80. The molecule has 0 amide bonds. The zero-order chi connectivity index (χ0) is 18.9. The quantitative estimate of drug-likeness (QED) is 0.475. The van der Waals surface area contributed by atoms with Crippen LogP contribution in [0.5, 0.6) is 0 Å². The van der Waals surface area contributed by atoms with Gasteiger partial charge in [0.15, 0.2) is 0 Å². The van der Waals surface area contributed by atoms with Crippen LogP contribution in [0.25, 0.3) is 0 Å². The highest BCUT2D eigenvalue weighted by Crippen LogP contribution is 2.68. The summed E-state index contributed by atoms with van der Waals surface area (Å²) < 4.78 is 0. The molecular formula is C21H34O5. The molecule has 0 aromatic heterocycles. The summed E-state index contributed by atoms with van der Waals surface area (Å²) in [5.74, 6) is 0.690. The van der Waals surface area contributed by atoms with E-state index in [2.05, 4.69) is 6.92 Å². The Morgan fingerprint density at radius 3 is 2.58 bits per heavy atom. The number of hydrogen-bond acceptors (Lipinski definition) is 5. The molecule has 0 aromatic carbocycles.